The van der Waals surface area contributed by atoms with Crippen LogP contribution in [-0.4, -0.2) is 15.2 Å². The highest BCUT2D eigenvalue weighted by molar-refractivity contribution is 6.28. The lowest BCUT2D eigenvalue weighted by Crippen LogP contribution is -2.02. The maximum atomic E-state index is 5.60. The quantitative estimate of drug-likeness (QED) is 0.861. The minimum atomic E-state index is 0.146. The van der Waals surface area contributed by atoms with Crippen LogP contribution >= 0.6 is 11.6 Å². The molecule has 1 N–H and O–H groups in total. The predicted octanol–water partition coefficient (Wildman–Crippen LogP) is 2.14. The minimum Gasteiger partial charge on any atom is -0.365 e. The molecule has 4 nitrogen and oxygen atoms in total. The van der Waals surface area contributed by atoms with Crippen molar-refractivity contribution in [3.8, 4) is 0 Å². The van der Waals surface area contributed by atoms with Gasteiger partial charge in [-0.15, -0.1) is 5.10 Å². The number of nitrogens with zero attached hydrogens (tertiary/aromatic N) is 3. The summed E-state index contributed by atoms with van der Waals surface area (Å²) in [7, 11) is 0. The van der Waals surface area contributed by atoms with Crippen LogP contribution in [0.25, 0.3) is 0 Å². The van der Waals surface area contributed by atoms with Crippen LogP contribution in [0, 0.1) is 0 Å². The van der Waals surface area contributed by atoms with Crippen molar-refractivity contribution in [3.63, 3.8) is 0 Å². The van der Waals surface area contributed by atoms with Crippen LogP contribution < -0.4 is 5.32 Å². The molecule has 1 aromatic carbocycles. The Balaban J connectivity index is 1.99. The number of benzene rings is 1. The molecule has 0 saturated carbocycles. The van der Waals surface area contributed by atoms with E-state index in [0.717, 1.165) is 0 Å². The second-order valence-electron chi connectivity index (χ2n) is 2.95. The highest BCUT2D eigenvalue weighted by Gasteiger charge is 1.97. The van der Waals surface area contributed by atoms with Gasteiger partial charge in [0.2, 0.25) is 5.28 Å². The van der Waals surface area contributed by atoms with Gasteiger partial charge in [0, 0.05) is 6.54 Å². The fourth-order valence-corrected chi connectivity index (χ4v) is 1.29. The van der Waals surface area contributed by atoms with E-state index >= 15 is 0 Å². The molecule has 0 aliphatic rings. The second kappa shape index (κ2) is 4.70. The predicted molar refractivity (Wildman–Crippen MR) is 58.6 cm³/mol. The fraction of sp³-hybridized carbons (Fsp3) is 0.100. The first-order valence-corrected chi connectivity index (χ1v) is 4.85. The molecule has 0 spiro atoms. The largest absolute Gasteiger partial charge is 0.365 e. The van der Waals surface area contributed by atoms with E-state index < -0.39 is 0 Å². The third-order valence-corrected chi connectivity index (χ3v) is 2.01. The Bertz CT molecular complexity index is 432. The molecule has 0 fully saturated rings. The van der Waals surface area contributed by atoms with Gasteiger partial charge in [0.05, 0.1) is 6.20 Å². The van der Waals surface area contributed by atoms with Crippen LogP contribution in [0.5, 0.6) is 0 Å². The standard InChI is InChI=1S/C10H9ClN4/c11-10-14-9(7-13-15-10)12-6-8-4-2-1-3-5-8/h1-5,7H,6H2,(H,12,14,15). The number of hydrogen-bond acceptors (Lipinski definition) is 4. The summed E-state index contributed by atoms with van der Waals surface area (Å²) in [5.41, 5.74) is 1.17. The molecule has 0 radical (unpaired) electrons. The van der Waals surface area contributed by atoms with E-state index in [1.54, 1.807) is 0 Å². The van der Waals surface area contributed by atoms with Crippen molar-refractivity contribution >= 4 is 17.4 Å². The summed E-state index contributed by atoms with van der Waals surface area (Å²) >= 11 is 5.60. The first kappa shape index (κ1) is 9.86. The van der Waals surface area contributed by atoms with Gasteiger partial charge in [-0.3, -0.25) is 0 Å². The smallest absolute Gasteiger partial charge is 0.244 e. The zero-order chi connectivity index (χ0) is 10.5. The van der Waals surface area contributed by atoms with Crippen LogP contribution in [-0.2, 0) is 6.54 Å². The SMILES string of the molecule is Clc1nncc(NCc2ccccc2)n1. The van der Waals surface area contributed by atoms with E-state index in [2.05, 4.69) is 20.5 Å². The fourth-order valence-electron chi connectivity index (χ4n) is 1.16. The topological polar surface area (TPSA) is 50.7 Å². The monoisotopic (exact) mass is 220 g/mol. The van der Waals surface area contributed by atoms with Crippen LogP contribution in [0.2, 0.25) is 5.28 Å². The molecule has 0 saturated heterocycles. The maximum Gasteiger partial charge on any atom is 0.244 e. The third kappa shape index (κ3) is 2.89. The molecule has 0 atom stereocenters. The van der Waals surface area contributed by atoms with Gasteiger partial charge in [-0.05, 0) is 17.2 Å². The Morgan fingerprint density at radius 1 is 1.20 bits per heavy atom. The van der Waals surface area contributed by atoms with Crippen LogP contribution in [0.4, 0.5) is 5.82 Å². The third-order valence-electron chi connectivity index (χ3n) is 1.85. The highest BCUT2D eigenvalue weighted by Crippen LogP contribution is 2.06. The Kier molecular flexibility index (Phi) is 3.09. The van der Waals surface area contributed by atoms with Gasteiger partial charge >= 0.3 is 0 Å². The summed E-state index contributed by atoms with van der Waals surface area (Å²) in [4.78, 5) is 3.97. The first-order chi connectivity index (χ1) is 7.34. The van der Waals surface area contributed by atoms with E-state index in [1.807, 2.05) is 30.3 Å². The Morgan fingerprint density at radius 2 is 2.00 bits per heavy atom. The van der Waals surface area contributed by atoms with Gasteiger partial charge < -0.3 is 5.32 Å². The Labute approximate surface area is 92.3 Å². The lowest BCUT2D eigenvalue weighted by Gasteiger charge is -2.04. The van der Waals surface area contributed by atoms with E-state index in [1.165, 1.54) is 11.8 Å². The zero-order valence-electron chi connectivity index (χ0n) is 7.89. The molecule has 76 valence electrons. The average molecular weight is 221 g/mol. The summed E-state index contributed by atoms with van der Waals surface area (Å²) in [5, 5.41) is 10.5. The normalized spacial score (nSPS) is 9.93. The Morgan fingerprint density at radius 3 is 2.73 bits per heavy atom. The molecule has 0 aliphatic heterocycles. The van der Waals surface area contributed by atoms with Crippen LogP contribution in [0.1, 0.15) is 5.56 Å². The molecule has 2 aromatic rings. The van der Waals surface area contributed by atoms with Crippen molar-refractivity contribution in [2.75, 3.05) is 5.32 Å². The number of nitrogens with one attached hydrogen (secondary N) is 1. The molecule has 0 bridgehead atoms. The van der Waals surface area contributed by atoms with Gasteiger partial charge in [-0.2, -0.15) is 10.1 Å². The molecule has 0 aliphatic carbocycles. The number of anilines is 1. The highest BCUT2D eigenvalue weighted by atomic mass is 35.5. The molecular formula is C10H9ClN4. The lowest BCUT2D eigenvalue weighted by atomic mass is 10.2. The number of rotatable bonds is 3. The summed E-state index contributed by atoms with van der Waals surface area (Å²) in [6.45, 7) is 0.690. The summed E-state index contributed by atoms with van der Waals surface area (Å²) in [6.07, 6.45) is 1.54. The van der Waals surface area contributed by atoms with Crippen molar-refractivity contribution in [2.45, 2.75) is 6.54 Å². The molecule has 1 heterocycles. The molecule has 5 heteroatoms. The zero-order valence-corrected chi connectivity index (χ0v) is 8.65. The van der Waals surface area contributed by atoms with E-state index in [4.69, 9.17) is 11.6 Å². The van der Waals surface area contributed by atoms with E-state index in [9.17, 15) is 0 Å². The summed E-state index contributed by atoms with van der Waals surface area (Å²) < 4.78 is 0. The summed E-state index contributed by atoms with van der Waals surface area (Å²) in [6, 6.07) is 10.0. The minimum absolute atomic E-state index is 0.146. The first-order valence-electron chi connectivity index (χ1n) is 4.47. The molecular weight excluding hydrogens is 212 g/mol. The maximum absolute atomic E-state index is 5.60. The van der Waals surface area contributed by atoms with E-state index in [-0.39, 0.29) is 5.28 Å². The van der Waals surface area contributed by atoms with Crippen molar-refractivity contribution in [1.29, 1.82) is 0 Å². The van der Waals surface area contributed by atoms with Crippen molar-refractivity contribution in [1.82, 2.24) is 15.2 Å². The molecule has 1 aromatic heterocycles. The molecule has 0 unspecified atom stereocenters. The van der Waals surface area contributed by atoms with Crippen LogP contribution in [0.3, 0.4) is 0 Å². The van der Waals surface area contributed by atoms with Crippen LogP contribution in [0.15, 0.2) is 36.5 Å². The molecule has 15 heavy (non-hydrogen) atoms. The lowest BCUT2D eigenvalue weighted by molar-refractivity contribution is 0.958. The van der Waals surface area contributed by atoms with Crippen molar-refractivity contribution < 1.29 is 0 Å². The average Bonchev–Trinajstić information content (AvgIpc) is 2.28. The van der Waals surface area contributed by atoms with Gasteiger partial charge in [0.15, 0.2) is 0 Å². The Hall–Kier alpha value is -1.68. The molecule has 0 amide bonds. The number of halogens is 1. The van der Waals surface area contributed by atoms with Gasteiger partial charge in [-0.25, -0.2) is 0 Å². The van der Waals surface area contributed by atoms with E-state index in [0.29, 0.717) is 12.4 Å². The van der Waals surface area contributed by atoms with Gasteiger partial charge in [0.1, 0.15) is 5.82 Å². The van der Waals surface area contributed by atoms with Gasteiger partial charge in [-0.1, -0.05) is 30.3 Å². The number of aromatic nitrogens is 3. The van der Waals surface area contributed by atoms with Crippen molar-refractivity contribution in [3.05, 3.63) is 47.4 Å². The van der Waals surface area contributed by atoms with Gasteiger partial charge in [0.25, 0.3) is 0 Å². The number of hydrogen-bond donors (Lipinski definition) is 1. The second-order valence-corrected chi connectivity index (χ2v) is 3.29. The van der Waals surface area contributed by atoms with Crippen molar-refractivity contribution in [2.24, 2.45) is 0 Å². The molecule has 2 rings (SSSR count). The summed E-state index contributed by atoms with van der Waals surface area (Å²) in [5.74, 6) is 0.624.